The molecule has 2 aromatic rings. The van der Waals surface area contributed by atoms with Crippen molar-refractivity contribution in [2.75, 3.05) is 5.43 Å². The normalized spacial score (nSPS) is 12.8. The van der Waals surface area contributed by atoms with Crippen molar-refractivity contribution < 1.29 is 4.79 Å². The maximum atomic E-state index is 12.1. The highest BCUT2D eigenvalue weighted by Gasteiger charge is 2.29. The van der Waals surface area contributed by atoms with E-state index in [0.29, 0.717) is 11.3 Å². The molecule has 96 valence electrons. The summed E-state index contributed by atoms with van der Waals surface area (Å²) >= 11 is 0. The predicted molar refractivity (Wildman–Crippen MR) is 76.5 cm³/mol. The first-order chi connectivity index (χ1) is 9.81. The summed E-state index contributed by atoms with van der Waals surface area (Å²) in [4.78, 5) is 12.1. The van der Waals surface area contributed by atoms with Gasteiger partial charge in [0.1, 0.15) is 11.6 Å². The van der Waals surface area contributed by atoms with Crippen LogP contribution in [0.1, 0.15) is 15.9 Å². The summed E-state index contributed by atoms with van der Waals surface area (Å²) in [7, 11) is 0. The summed E-state index contributed by atoms with van der Waals surface area (Å²) in [5.74, 6) is -0.236. The van der Waals surface area contributed by atoms with Gasteiger partial charge in [-0.1, -0.05) is 42.5 Å². The first kappa shape index (κ1) is 12.0. The van der Waals surface area contributed by atoms with Gasteiger partial charge in [-0.2, -0.15) is 5.26 Å². The summed E-state index contributed by atoms with van der Waals surface area (Å²) in [5, 5.41) is 9.18. The molecular formula is C16H11N3O. The van der Waals surface area contributed by atoms with E-state index in [-0.39, 0.29) is 11.4 Å². The Morgan fingerprint density at radius 1 is 0.850 bits per heavy atom. The van der Waals surface area contributed by atoms with E-state index in [9.17, 15) is 10.1 Å². The molecule has 0 saturated heterocycles. The van der Waals surface area contributed by atoms with Crippen molar-refractivity contribution in [2.45, 2.75) is 0 Å². The van der Waals surface area contributed by atoms with Gasteiger partial charge in [0.25, 0.3) is 0 Å². The molecule has 20 heavy (non-hydrogen) atoms. The average molecular weight is 261 g/mol. The number of benzene rings is 2. The van der Waals surface area contributed by atoms with E-state index >= 15 is 0 Å². The lowest BCUT2D eigenvalue weighted by molar-refractivity contribution is 0.104. The number of hydrazine groups is 1. The minimum Gasteiger partial charge on any atom is -0.301 e. The molecule has 0 fully saturated rings. The second-order valence-corrected chi connectivity index (χ2v) is 4.35. The Kier molecular flexibility index (Phi) is 2.94. The number of hydrogen-bond acceptors (Lipinski definition) is 4. The lowest BCUT2D eigenvalue weighted by Crippen LogP contribution is -2.20. The highest BCUT2D eigenvalue weighted by atomic mass is 16.1. The third kappa shape index (κ3) is 1.91. The number of allylic oxidation sites excluding steroid dienone is 1. The summed E-state index contributed by atoms with van der Waals surface area (Å²) in [6, 6.07) is 18.7. The van der Waals surface area contributed by atoms with Gasteiger partial charge in [-0.15, -0.1) is 0 Å². The summed E-state index contributed by atoms with van der Waals surface area (Å²) in [5.41, 5.74) is 8.79. The standard InChI is InChI=1S/C16H11N3O/c17-10-14-15(19-18-11-6-2-1-3-7-11)12-8-4-5-9-13(12)16(14)20/h1-9,18-19H. The number of Topliss-reactive ketones (excluding diaryl/α,β-unsaturated/α-hetero) is 1. The van der Waals surface area contributed by atoms with Gasteiger partial charge in [0.2, 0.25) is 5.78 Å². The van der Waals surface area contributed by atoms with E-state index in [1.54, 1.807) is 12.1 Å². The Balaban J connectivity index is 1.93. The monoisotopic (exact) mass is 261 g/mol. The van der Waals surface area contributed by atoms with Crippen molar-refractivity contribution in [1.29, 1.82) is 5.26 Å². The van der Waals surface area contributed by atoms with Crippen molar-refractivity contribution in [3.05, 3.63) is 71.3 Å². The Bertz CT molecular complexity index is 742. The highest BCUT2D eigenvalue weighted by molar-refractivity contribution is 6.22. The van der Waals surface area contributed by atoms with Crippen molar-refractivity contribution in [2.24, 2.45) is 0 Å². The van der Waals surface area contributed by atoms with Gasteiger partial charge in [0, 0.05) is 11.1 Å². The van der Waals surface area contributed by atoms with Crippen molar-refractivity contribution in [3.8, 4) is 6.07 Å². The molecule has 0 amide bonds. The maximum absolute atomic E-state index is 12.1. The van der Waals surface area contributed by atoms with Crippen molar-refractivity contribution >= 4 is 17.2 Å². The van der Waals surface area contributed by atoms with Crippen LogP contribution in [0.5, 0.6) is 0 Å². The topological polar surface area (TPSA) is 64.9 Å². The quantitative estimate of drug-likeness (QED) is 0.834. The largest absolute Gasteiger partial charge is 0.301 e. The summed E-state index contributed by atoms with van der Waals surface area (Å²) in [6.07, 6.45) is 0. The molecule has 0 atom stereocenters. The van der Waals surface area contributed by atoms with E-state index in [1.165, 1.54) is 0 Å². The van der Waals surface area contributed by atoms with Crippen LogP contribution in [0.15, 0.2) is 60.2 Å². The van der Waals surface area contributed by atoms with Crippen LogP contribution in [0.2, 0.25) is 0 Å². The molecule has 2 aromatic carbocycles. The molecule has 4 nitrogen and oxygen atoms in total. The second-order valence-electron chi connectivity index (χ2n) is 4.35. The number of carbonyl (C=O) groups excluding carboxylic acids is 1. The van der Waals surface area contributed by atoms with E-state index in [1.807, 2.05) is 48.5 Å². The van der Waals surface area contributed by atoms with Gasteiger partial charge < -0.3 is 5.43 Å². The molecule has 3 rings (SSSR count). The molecule has 1 aliphatic rings. The van der Waals surface area contributed by atoms with Crippen LogP contribution in [0.25, 0.3) is 5.70 Å². The molecule has 0 saturated carbocycles. The predicted octanol–water partition coefficient (Wildman–Crippen LogP) is 2.73. The van der Waals surface area contributed by atoms with Gasteiger partial charge >= 0.3 is 0 Å². The zero-order valence-corrected chi connectivity index (χ0v) is 10.6. The zero-order valence-electron chi connectivity index (χ0n) is 10.6. The molecular weight excluding hydrogens is 250 g/mol. The Morgan fingerprint density at radius 2 is 1.50 bits per heavy atom. The number of ketones is 1. The minimum absolute atomic E-state index is 0.134. The summed E-state index contributed by atoms with van der Waals surface area (Å²) < 4.78 is 0. The summed E-state index contributed by atoms with van der Waals surface area (Å²) in [6.45, 7) is 0. The number of hydrogen-bond donors (Lipinski definition) is 2. The molecule has 2 N–H and O–H groups in total. The van der Waals surface area contributed by atoms with Gasteiger partial charge in [0.15, 0.2) is 0 Å². The van der Waals surface area contributed by atoms with E-state index in [2.05, 4.69) is 10.9 Å². The molecule has 4 heteroatoms. The van der Waals surface area contributed by atoms with Crippen molar-refractivity contribution in [3.63, 3.8) is 0 Å². The number of nitriles is 1. The van der Waals surface area contributed by atoms with E-state index < -0.39 is 0 Å². The zero-order chi connectivity index (χ0) is 13.9. The van der Waals surface area contributed by atoms with Crippen LogP contribution >= 0.6 is 0 Å². The third-order valence-corrected chi connectivity index (χ3v) is 3.14. The number of fused-ring (bicyclic) bond motifs is 1. The first-order valence-electron chi connectivity index (χ1n) is 6.17. The SMILES string of the molecule is N#CC1=C(NNc2ccccc2)c2ccccc2C1=O. The van der Waals surface area contributed by atoms with Crippen LogP contribution in [-0.4, -0.2) is 5.78 Å². The smallest absolute Gasteiger partial charge is 0.206 e. The fourth-order valence-electron chi connectivity index (χ4n) is 2.17. The molecule has 0 aliphatic heterocycles. The van der Waals surface area contributed by atoms with Crippen LogP contribution in [0.3, 0.4) is 0 Å². The number of carbonyl (C=O) groups is 1. The average Bonchev–Trinajstić information content (AvgIpc) is 2.78. The number of nitrogens with one attached hydrogen (secondary N) is 2. The number of nitrogens with zero attached hydrogens (tertiary/aromatic N) is 1. The van der Waals surface area contributed by atoms with Gasteiger partial charge in [0.05, 0.1) is 11.4 Å². The number of anilines is 1. The third-order valence-electron chi connectivity index (χ3n) is 3.14. The van der Waals surface area contributed by atoms with Crippen molar-refractivity contribution in [1.82, 2.24) is 5.43 Å². The fraction of sp³-hybridized carbons (Fsp3) is 0. The van der Waals surface area contributed by atoms with Crippen LogP contribution in [0, 0.1) is 11.3 Å². The Hall–Kier alpha value is -3.06. The van der Waals surface area contributed by atoms with Gasteiger partial charge in [-0.3, -0.25) is 10.2 Å². The Labute approximate surface area is 116 Å². The number of rotatable bonds is 3. The fourth-order valence-corrected chi connectivity index (χ4v) is 2.17. The molecule has 0 radical (unpaired) electrons. The maximum Gasteiger partial charge on any atom is 0.206 e. The van der Waals surface area contributed by atoms with Gasteiger partial charge in [-0.25, -0.2) is 0 Å². The van der Waals surface area contributed by atoms with Crippen LogP contribution in [-0.2, 0) is 0 Å². The lowest BCUT2D eigenvalue weighted by atomic mass is 10.1. The molecule has 0 heterocycles. The molecule has 0 spiro atoms. The number of para-hydroxylation sites is 1. The van der Waals surface area contributed by atoms with Gasteiger partial charge in [-0.05, 0) is 12.1 Å². The first-order valence-corrected chi connectivity index (χ1v) is 6.17. The minimum atomic E-state index is -0.236. The second kappa shape index (κ2) is 4.90. The Morgan fingerprint density at radius 3 is 2.20 bits per heavy atom. The lowest BCUT2D eigenvalue weighted by Gasteiger charge is -2.11. The molecule has 0 unspecified atom stereocenters. The van der Waals surface area contributed by atoms with Crippen LogP contribution in [0.4, 0.5) is 5.69 Å². The molecule has 0 aromatic heterocycles. The molecule has 0 bridgehead atoms. The van der Waals surface area contributed by atoms with Crippen LogP contribution < -0.4 is 10.9 Å². The van der Waals surface area contributed by atoms with E-state index in [4.69, 9.17) is 0 Å². The molecule has 1 aliphatic carbocycles. The van der Waals surface area contributed by atoms with E-state index in [0.717, 1.165) is 11.3 Å². The highest BCUT2D eigenvalue weighted by Crippen LogP contribution is 2.30.